The van der Waals surface area contributed by atoms with Crippen LogP contribution in [0.1, 0.15) is 30.1 Å². The van der Waals surface area contributed by atoms with Crippen LogP contribution >= 0.6 is 0 Å². The summed E-state index contributed by atoms with van der Waals surface area (Å²) in [4.78, 5) is 34.0. The first-order chi connectivity index (χ1) is 17.3. The Morgan fingerprint density at radius 3 is 2.50 bits per heavy atom. The number of ether oxygens (including phenoxy) is 2. The monoisotopic (exact) mass is 491 g/mol. The fourth-order valence-electron chi connectivity index (χ4n) is 3.97. The standard InChI is InChI=1S/C26H29N5O5/c1-16(32)24(33)31-13-10-20(11-14-31)36-23-8-5-18(15-21(23)27)22-9-12-28-26(30-22)29-19-6-3-17(4-7-19)25(34)35-2/h3-9,12,15-16,20,32H,10-11,13-14,27H2,1-2H3,(H,28,29,30)/t16-/m0/s1. The quantitative estimate of drug-likeness (QED) is 0.336. The van der Waals surface area contributed by atoms with Gasteiger partial charge in [0.15, 0.2) is 0 Å². The summed E-state index contributed by atoms with van der Waals surface area (Å²) in [5.41, 5.74) is 9.44. The number of nitrogens with two attached hydrogens (primary N) is 1. The van der Waals surface area contributed by atoms with Crippen LogP contribution in [0, 0.1) is 0 Å². The minimum Gasteiger partial charge on any atom is -0.488 e. The van der Waals surface area contributed by atoms with Crippen LogP contribution in [0.3, 0.4) is 0 Å². The smallest absolute Gasteiger partial charge is 0.337 e. The Morgan fingerprint density at radius 1 is 1.14 bits per heavy atom. The first kappa shape index (κ1) is 24.9. The molecule has 1 fully saturated rings. The van der Waals surface area contributed by atoms with E-state index in [4.69, 9.17) is 15.2 Å². The van der Waals surface area contributed by atoms with E-state index >= 15 is 0 Å². The third-order valence-electron chi connectivity index (χ3n) is 5.93. The number of nitrogens with zero attached hydrogens (tertiary/aromatic N) is 3. The zero-order valence-electron chi connectivity index (χ0n) is 20.2. The molecule has 1 aliphatic heterocycles. The lowest BCUT2D eigenvalue weighted by molar-refractivity contribution is -0.141. The van der Waals surface area contributed by atoms with Crippen molar-refractivity contribution < 1.29 is 24.2 Å². The molecule has 2 aromatic carbocycles. The van der Waals surface area contributed by atoms with Gasteiger partial charge >= 0.3 is 5.97 Å². The molecule has 10 heteroatoms. The van der Waals surface area contributed by atoms with E-state index in [2.05, 4.69) is 15.3 Å². The number of nitrogen functional groups attached to an aromatic ring is 1. The fraction of sp³-hybridized carbons (Fsp3) is 0.308. The molecular weight excluding hydrogens is 462 g/mol. The van der Waals surface area contributed by atoms with Gasteiger partial charge in [0.2, 0.25) is 5.95 Å². The van der Waals surface area contributed by atoms with E-state index in [0.29, 0.717) is 54.6 Å². The number of aliphatic hydroxyl groups is 1. The summed E-state index contributed by atoms with van der Waals surface area (Å²) in [6, 6.07) is 14.1. The largest absolute Gasteiger partial charge is 0.488 e. The molecule has 1 amide bonds. The molecule has 0 saturated carbocycles. The van der Waals surface area contributed by atoms with Gasteiger partial charge in [-0.1, -0.05) is 0 Å². The predicted molar refractivity (Wildman–Crippen MR) is 135 cm³/mol. The first-order valence-corrected chi connectivity index (χ1v) is 11.7. The zero-order valence-corrected chi connectivity index (χ0v) is 20.2. The highest BCUT2D eigenvalue weighted by molar-refractivity contribution is 5.89. The molecule has 1 aliphatic rings. The summed E-state index contributed by atoms with van der Waals surface area (Å²) >= 11 is 0. The number of esters is 1. The topological polar surface area (TPSA) is 140 Å². The number of hydrogen-bond donors (Lipinski definition) is 3. The normalized spacial score (nSPS) is 14.7. The van der Waals surface area contributed by atoms with Crippen LogP contribution in [0.25, 0.3) is 11.3 Å². The van der Waals surface area contributed by atoms with Crippen LogP contribution < -0.4 is 15.8 Å². The summed E-state index contributed by atoms with van der Waals surface area (Å²) in [5, 5.41) is 12.6. The van der Waals surface area contributed by atoms with Crippen LogP contribution in [0.5, 0.6) is 5.75 Å². The summed E-state index contributed by atoms with van der Waals surface area (Å²) in [7, 11) is 1.34. The Kier molecular flexibility index (Phi) is 7.65. The Bertz CT molecular complexity index is 1220. The van der Waals surface area contributed by atoms with Gasteiger partial charge in [0.05, 0.1) is 24.1 Å². The van der Waals surface area contributed by atoms with E-state index in [1.807, 2.05) is 12.1 Å². The molecule has 0 bridgehead atoms. The number of anilines is 3. The van der Waals surface area contributed by atoms with Crippen LogP contribution in [-0.2, 0) is 9.53 Å². The maximum absolute atomic E-state index is 11.9. The van der Waals surface area contributed by atoms with E-state index in [1.165, 1.54) is 14.0 Å². The van der Waals surface area contributed by atoms with E-state index in [0.717, 1.165) is 11.3 Å². The number of amides is 1. The van der Waals surface area contributed by atoms with Crippen LogP contribution in [0.2, 0.25) is 0 Å². The Hall–Kier alpha value is -4.18. The second kappa shape index (κ2) is 11.0. The molecule has 4 rings (SSSR count). The summed E-state index contributed by atoms with van der Waals surface area (Å²) in [6.07, 6.45) is 1.94. The molecule has 0 unspecified atom stereocenters. The summed E-state index contributed by atoms with van der Waals surface area (Å²) in [5.74, 6) is 0.323. The average molecular weight is 492 g/mol. The van der Waals surface area contributed by atoms with Gasteiger partial charge in [-0.2, -0.15) is 0 Å². The van der Waals surface area contributed by atoms with Gasteiger partial charge in [-0.3, -0.25) is 4.79 Å². The molecule has 3 aromatic rings. The van der Waals surface area contributed by atoms with Crippen molar-refractivity contribution in [1.82, 2.24) is 14.9 Å². The van der Waals surface area contributed by atoms with Crippen molar-refractivity contribution in [3.63, 3.8) is 0 Å². The summed E-state index contributed by atoms with van der Waals surface area (Å²) < 4.78 is 10.8. The number of carbonyl (C=O) groups is 2. The predicted octanol–water partition coefficient (Wildman–Crippen LogP) is 3.01. The molecule has 1 aromatic heterocycles. The van der Waals surface area contributed by atoms with Crippen LogP contribution in [0.15, 0.2) is 54.7 Å². The minimum absolute atomic E-state index is 0.0587. The Morgan fingerprint density at radius 2 is 1.86 bits per heavy atom. The lowest BCUT2D eigenvalue weighted by Gasteiger charge is -2.33. The Labute approximate surface area is 209 Å². The van der Waals surface area contributed by atoms with Gasteiger partial charge in [-0.05, 0) is 55.5 Å². The molecular formula is C26H29N5O5. The van der Waals surface area contributed by atoms with Crippen molar-refractivity contribution in [1.29, 1.82) is 0 Å². The number of aromatic nitrogens is 2. The Balaban J connectivity index is 1.40. The molecule has 2 heterocycles. The molecule has 1 atom stereocenters. The fourth-order valence-corrected chi connectivity index (χ4v) is 3.97. The number of carbonyl (C=O) groups excluding carboxylic acids is 2. The van der Waals surface area contributed by atoms with Gasteiger partial charge in [0.25, 0.3) is 5.91 Å². The highest BCUT2D eigenvalue weighted by atomic mass is 16.5. The van der Waals surface area contributed by atoms with Crippen LogP contribution in [-0.4, -0.2) is 64.3 Å². The van der Waals surface area contributed by atoms with Crippen LogP contribution in [0.4, 0.5) is 17.3 Å². The number of rotatable bonds is 7. The number of aliphatic hydroxyl groups excluding tert-OH is 1. The van der Waals surface area contributed by atoms with Gasteiger partial charge in [-0.25, -0.2) is 14.8 Å². The van der Waals surface area contributed by atoms with Crippen molar-refractivity contribution in [2.24, 2.45) is 0 Å². The third kappa shape index (κ3) is 5.89. The van der Waals surface area contributed by atoms with E-state index < -0.39 is 12.1 Å². The lowest BCUT2D eigenvalue weighted by Crippen LogP contribution is -2.45. The van der Waals surface area contributed by atoms with Crippen molar-refractivity contribution in [2.45, 2.75) is 32.0 Å². The molecule has 10 nitrogen and oxygen atoms in total. The van der Waals surface area contributed by atoms with Crippen molar-refractivity contribution in [3.05, 3.63) is 60.3 Å². The number of benzene rings is 2. The number of methoxy groups -OCH3 is 1. The molecule has 188 valence electrons. The highest BCUT2D eigenvalue weighted by Gasteiger charge is 2.26. The maximum atomic E-state index is 11.9. The van der Waals surface area contributed by atoms with E-state index in [1.54, 1.807) is 47.5 Å². The number of piperidine rings is 1. The second-order valence-electron chi connectivity index (χ2n) is 8.53. The molecule has 0 spiro atoms. The lowest BCUT2D eigenvalue weighted by atomic mass is 10.1. The zero-order chi connectivity index (χ0) is 25.7. The van der Waals surface area contributed by atoms with Gasteiger partial charge in [0, 0.05) is 43.4 Å². The maximum Gasteiger partial charge on any atom is 0.337 e. The van der Waals surface area contributed by atoms with E-state index in [9.17, 15) is 14.7 Å². The number of likely N-dealkylation sites (tertiary alicyclic amines) is 1. The highest BCUT2D eigenvalue weighted by Crippen LogP contribution is 2.30. The van der Waals surface area contributed by atoms with Gasteiger partial charge in [-0.15, -0.1) is 0 Å². The van der Waals surface area contributed by atoms with Crippen molar-refractivity contribution in [3.8, 4) is 17.0 Å². The van der Waals surface area contributed by atoms with Gasteiger partial charge < -0.3 is 30.5 Å². The summed E-state index contributed by atoms with van der Waals surface area (Å²) in [6.45, 7) is 2.55. The molecule has 4 N–H and O–H groups in total. The van der Waals surface area contributed by atoms with Crippen molar-refractivity contribution >= 4 is 29.2 Å². The third-order valence-corrected chi connectivity index (χ3v) is 5.93. The molecule has 0 aliphatic carbocycles. The minimum atomic E-state index is -0.990. The number of hydrogen-bond acceptors (Lipinski definition) is 9. The second-order valence-corrected chi connectivity index (χ2v) is 8.53. The molecule has 1 saturated heterocycles. The van der Waals surface area contributed by atoms with E-state index in [-0.39, 0.29) is 12.0 Å². The average Bonchev–Trinajstić information content (AvgIpc) is 2.90. The first-order valence-electron chi connectivity index (χ1n) is 11.7. The van der Waals surface area contributed by atoms with Gasteiger partial charge in [0.1, 0.15) is 18.0 Å². The number of nitrogens with one attached hydrogen (secondary N) is 1. The van der Waals surface area contributed by atoms with Crippen molar-refractivity contribution in [2.75, 3.05) is 31.2 Å². The molecule has 0 radical (unpaired) electrons. The molecule has 36 heavy (non-hydrogen) atoms. The SMILES string of the molecule is COC(=O)c1ccc(Nc2nccc(-c3ccc(OC4CCN(C(=O)[C@H](C)O)CC4)c(N)c3)n2)cc1.